The van der Waals surface area contributed by atoms with Crippen LogP contribution in [0.15, 0.2) is 12.1 Å². The van der Waals surface area contributed by atoms with Crippen LogP contribution >= 0.6 is 0 Å². The third-order valence-electron chi connectivity index (χ3n) is 3.02. The van der Waals surface area contributed by atoms with Gasteiger partial charge in [-0.1, -0.05) is 13.8 Å². The van der Waals surface area contributed by atoms with Crippen molar-refractivity contribution < 1.29 is 9.18 Å². The first-order valence-corrected chi connectivity index (χ1v) is 6.14. The second-order valence-electron chi connectivity index (χ2n) is 5.08. The Kier molecular flexibility index (Phi) is 4.70. The SMILES string of the molecule is Cc1c(N)cc(C(=O)N(C)CCC(C)C)cc1F. The maximum atomic E-state index is 13.5. The molecule has 0 atom stereocenters. The molecule has 1 aromatic carbocycles. The Morgan fingerprint density at radius 3 is 2.56 bits per heavy atom. The van der Waals surface area contributed by atoms with Gasteiger partial charge in [0.2, 0.25) is 0 Å². The minimum Gasteiger partial charge on any atom is -0.398 e. The van der Waals surface area contributed by atoms with E-state index in [2.05, 4.69) is 13.8 Å². The van der Waals surface area contributed by atoms with Crippen molar-refractivity contribution in [2.45, 2.75) is 27.2 Å². The molecule has 0 fully saturated rings. The fraction of sp³-hybridized carbons (Fsp3) is 0.500. The summed E-state index contributed by atoms with van der Waals surface area (Å²) in [6, 6.07) is 2.78. The summed E-state index contributed by atoms with van der Waals surface area (Å²) in [6.45, 7) is 6.46. The first kappa shape index (κ1) is 14.5. The Morgan fingerprint density at radius 2 is 2.06 bits per heavy atom. The highest BCUT2D eigenvalue weighted by atomic mass is 19.1. The van der Waals surface area contributed by atoms with Crippen LogP contribution in [0.25, 0.3) is 0 Å². The molecule has 1 aromatic rings. The fourth-order valence-electron chi connectivity index (χ4n) is 1.60. The van der Waals surface area contributed by atoms with E-state index < -0.39 is 5.82 Å². The number of nitrogens with zero attached hydrogens (tertiary/aromatic N) is 1. The van der Waals surface area contributed by atoms with Crippen molar-refractivity contribution in [2.75, 3.05) is 19.3 Å². The first-order valence-electron chi connectivity index (χ1n) is 6.14. The van der Waals surface area contributed by atoms with Gasteiger partial charge < -0.3 is 10.6 Å². The van der Waals surface area contributed by atoms with Crippen molar-refractivity contribution in [3.63, 3.8) is 0 Å². The minimum atomic E-state index is -0.435. The van der Waals surface area contributed by atoms with E-state index in [1.54, 1.807) is 18.9 Å². The number of hydrogen-bond acceptors (Lipinski definition) is 2. The van der Waals surface area contributed by atoms with Crippen molar-refractivity contribution in [1.29, 1.82) is 0 Å². The van der Waals surface area contributed by atoms with Gasteiger partial charge in [-0.25, -0.2) is 4.39 Å². The monoisotopic (exact) mass is 252 g/mol. The summed E-state index contributed by atoms with van der Waals surface area (Å²) in [4.78, 5) is 13.7. The van der Waals surface area contributed by atoms with Crippen LogP contribution in [0.2, 0.25) is 0 Å². The average molecular weight is 252 g/mol. The molecule has 0 saturated heterocycles. The molecule has 3 nitrogen and oxygen atoms in total. The van der Waals surface area contributed by atoms with Crippen LogP contribution in [-0.2, 0) is 0 Å². The summed E-state index contributed by atoms with van der Waals surface area (Å²) >= 11 is 0. The lowest BCUT2D eigenvalue weighted by molar-refractivity contribution is 0.0788. The number of halogens is 1. The Morgan fingerprint density at radius 1 is 1.44 bits per heavy atom. The molecule has 0 aliphatic heterocycles. The Bertz CT molecular complexity index is 420. The van der Waals surface area contributed by atoms with Gasteiger partial charge in [-0.05, 0) is 31.4 Å². The standard InChI is InChI=1S/C14H21FN2O/c1-9(2)5-6-17(4)14(18)11-7-12(15)10(3)13(16)8-11/h7-9H,5-6,16H2,1-4H3. The molecule has 0 spiro atoms. The average Bonchev–Trinajstić information content (AvgIpc) is 2.31. The van der Waals surface area contributed by atoms with E-state index in [1.807, 2.05) is 0 Å². The molecule has 4 heteroatoms. The molecule has 0 aliphatic carbocycles. The van der Waals surface area contributed by atoms with E-state index in [0.717, 1.165) is 6.42 Å². The molecule has 18 heavy (non-hydrogen) atoms. The number of carbonyl (C=O) groups excluding carboxylic acids is 1. The summed E-state index contributed by atoms with van der Waals surface area (Å²) in [5.74, 6) is -0.100. The molecule has 1 rings (SSSR count). The highest BCUT2D eigenvalue weighted by molar-refractivity contribution is 5.95. The summed E-state index contributed by atoms with van der Waals surface area (Å²) in [5, 5.41) is 0. The molecule has 0 aromatic heterocycles. The first-order chi connectivity index (χ1) is 8.32. The molecule has 0 saturated carbocycles. The Labute approximate surface area is 108 Å². The van der Waals surface area contributed by atoms with Crippen molar-refractivity contribution in [3.05, 3.63) is 29.1 Å². The molecule has 0 bridgehead atoms. The van der Waals surface area contributed by atoms with Gasteiger partial charge in [0, 0.05) is 30.4 Å². The van der Waals surface area contributed by atoms with Crippen molar-refractivity contribution in [1.82, 2.24) is 4.90 Å². The van der Waals surface area contributed by atoms with E-state index in [1.165, 1.54) is 12.1 Å². The smallest absolute Gasteiger partial charge is 0.253 e. The highest BCUT2D eigenvalue weighted by Gasteiger charge is 2.15. The summed E-state index contributed by atoms with van der Waals surface area (Å²) in [6.07, 6.45) is 0.923. The number of carbonyl (C=O) groups is 1. The Hall–Kier alpha value is -1.58. The molecule has 0 unspecified atom stereocenters. The van der Waals surface area contributed by atoms with Gasteiger partial charge in [-0.3, -0.25) is 4.79 Å². The Balaban J connectivity index is 2.84. The molecule has 0 heterocycles. The van der Waals surface area contributed by atoms with Gasteiger partial charge in [-0.15, -0.1) is 0 Å². The number of nitrogen functional groups attached to an aromatic ring is 1. The predicted octanol–water partition coefficient (Wildman–Crippen LogP) is 2.83. The number of nitrogens with two attached hydrogens (primary N) is 1. The lowest BCUT2D eigenvalue weighted by atomic mass is 10.1. The topological polar surface area (TPSA) is 46.3 Å². The van der Waals surface area contributed by atoms with Crippen molar-refractivity contribution >= 4 is 11.6 Å². The van der Waals surface area contributed by atoms with Crippen LogP contribution in [-0.4, -0.2) is 24.4 Å². The zero-order valence-electron chi connectivity index (χ0n) is 11.5. The van der Waals surface area contributed by atoms with Crippen LogP contribution in [0, 0.1) is 18.7 Å². The van der Waals surface area contributed by atoms with Crippen LogP contribution < -0.4 is 5.73 Å². The fourth-order valence-corrected chi connectivity index (χ4v) is 1.60. The molecule has 1 amide bonds. The minimum absolute atomic E-state index is 0.193. The van der Waals surface area contributed by atoms with Crippen LogP contribution in [0.1, 0.15) is 36.2 Å². The summed E-state index contributed by atoms with van der Waals surface area (Å²) < 4.78 is 13.5. The number of anilines is 1. The van der Waals surface area contributed by atoms with E-state index in [9.17, 15) is 9.18 Å². The zero-order valence-corrected chi connectivity index (χ0v) is 11.5. The van der Waals surface area contributed by atoms with Crippen molar-refractivity contribution in [2.24, 2.45) is 5.92 Å². The van der Waals surface area contributed by atoms with Crippen LogP contribution in [0.4, 0.5) is 10.1 Å². The number of amides is 1. The molecule has 0 aliphatic rings. The van der Waals surface area contributed by atoms with Crippen LogP contribution in [0.3, 0.4) is 0 Å². The molecule has 2 N–H and O–H groups in total. The highest BCUT2D eigenvalue weighted by Crippen LogP contribution is 2.18. The third kappa shape index (κ3) is 3.45. The molecular formula is C14H21FN2O. The largest absolute Gasteiger partial charge is 0.398 e. The van der Waals surface area contributed by atoms with E-state index in [0.29, 0.717) is 29.3 Å². The lowest BCUT2D eigenvalue weighted by Gasteiger charge is -2.19. The van der Waals surface area contributed by atoms with Crippen LogP contribution in [0.5, 0.6) is 0 Å². The maximum absolute atomic E-state index is 13.5. The summed E-state index contributed by atoms with van der Waals surface area (Å²) in [7, 11) is 1.72. The normalized spacial score (nSPS) is 10.8. The van der Waals surface area contributed by atoms with Crippen molar-refractivity contribution in [3.8, 4) is 0 Å². The number of benzene rings is 1. The predicted molar refractivity (Wildman–Crippen MR) is 72.0 cm³/mol. The second-order valence-corrected chi connectivity index (χ2v) is 5.08. The molecule has 100 valence electrons. The van der Waals surface area contributed by atoms with Gasteiger partial charge in [0.1, 0.15) is 5.82 Å². The number of rotatable bonds is 4. The van der Waals surface area contributed by atoms with Gasteiger partial charge >= 0.3 is 0 Å². The van der Waals surface area contributed by atoms with E-state index in [4.69, 9.17) is 5.73 Å². The summed E-state index contributed by atoms with van der Waals surface area (Å²) in [5.41, 5.74) is 6.68. The quantitative estimate of drug-likeness (QED) is 0.837. The van der Waals surface area contributed by atoms with Gasteiger partial charge in [0.15, 0.2) is 0 Å². The van der Waals surface area contributed by atoms with E-state index >= 15 is 0 Å². The third-order valence-corrected chi connectivity index (χ3v) is 3.02. The van der Waals surface area contributed by atoms with Gasteiger partial charge in [0.25, 0.3) is 5.91 Å². The lowest BCUT2D eigenvalue weighted by Crippen LogP contribution is -2.28. The van der Waals surface area contributed by atoms with E-state index in [-0.39, 0.29) is 5.91 Å². The van der Waals surface area contributed by atoms with Gasteiger partial charge in [-0.2, -0.15) is 0 Å². The maximum Gasteiger partial charge on any atom is 0.253 e. The molecule has 0 radical (unpaired) electrons. The molecular weight excluding hydrogens is 231 g/mol. The number of hydrogen-bond donors (Lipinski definition) is 1. The zero-order chi connectivity index (χ0) is 13.9. The van der Waals surface area contributed by atoms with Gasteiger partial charge in [0.05, 0.1) is 0 Å². The second kappa shape index (κ2) is 5.85.